The fourth-order valence-electron chi connectivity index (χ4n) is 1.36. The van der Waals surface area contributed by atoms with Gasteiger partial charge in [-0.1, -0.05) is 35.5 Å². The van der Waals surface area contributed by atoms with Crippen molar-refractivity contribution in [3.05, 3.63) is 53.4 Å². The maximum absolute atomic E-state index is 11.6. The van der Waals surface area contributed by atoms with Crippen LogP contribution in [0.15, 0.2) is 40.9 Å². The molecule has 0 atom stereocenters. The number of nitrogens with zero attached hydrogens (tertiary/aromatic N) is 1. The first-order chi connectivity index (χ1) is 9.25. The summed E-state index contributed by atoms with van der Waals surface area (Å²) in [4.78, 5) is 11.6. The summed E-state index contributed by atoms with van der Waals surface area (Å²) in [5.41, 5.74) is 6.73. The Morgan fingerprint density at radius 3 is 2.58 bits per heavy atom. The molecule has 19 heavy (non-hydrogen) atoms. The second kappa shape index (κ2) is 7.98. The number of hydrogen-bond donors (Lipinski definition) is 4. The largest absolute Gasteiger partial charge is 0.361 e. The summed E-state index contributed by atoms with van der Waals surface area (Å²) in [7, 11) is 0. The highest BCUT2D eigenvalue weighted by Gasteiger charge is 2.09. The second-order valence-corrected chi connectivity index (χ2v) is 3.62. The van der Waals surface area contributed by atoms with Crippen LogP contribution in [0.2, 0.25) is 0 Å². The minimum absolute atomic E-state index is 0.267. The van der Waals surface area contributed by atoms with Gasteiger partial charge in [0.25, 0.3) is 5.91 Å². The van der Waals surface area contributed by atoms with Crippen LogP contribution >= 0.6 is 0 Å². The molecule has 1 aromatic heterocycles. The Bertz CT molecular complexity index is 498. The van der Waals surface area contributed by atoms with Crippen molar-refractivity contribution in [1.29, 1.82) is 0 Å². The molecule has 1 heterocycles. The Labute approximate surface area is 110 Å². The third-order valence-electron chi connectivity index (χ3n) is 2.20. The van der Waals surface area contributed by atoms with Crippen LogP contribution in [0.5, 0.6) is 0 Å². The van der Waals surface area contributed by atoms with Gasteiger partial charge in [0.05, 0.1) is 0 Å². The average Bonchev–Trinajstić information content (AvgIpc) is 2.89. The number of carbonyl (C=O) groups is 1. The molecule has 1 amide bonds. The summed E-state index contributed by atoms with van der Waals surface area (Å²) in [6, 6.07) is 11.4. The van der Waals surface area contributed by atoms with Gasteiger partial charge in [0, 0.05) is 12.6 Å². The number of carbonyl (C=O) groups excluding carboxylic acids is 1. The lowest BCUT2D eigenvalue weighted by atomic mass is 10.2. The highest BCUT2D eigenvalue weighted by molar-refractivity contribution is 5.91. The zero-order chi connectivity index (χ0) is 14.1. The van der Waals surface area contributed by atoms with Crippen molar-refractivity contribution in [2.24, 2.45) is 11.7 Å². The Kier molecular flexibility index (Phi) is 6.23. The number of hydrazine groups is 2. The topological polar surface area (TPSA) is 119 Å². The van der Waals surface area contributed by atoms with Gasteiger partial charge in [0.15, 0.2) is 5.69 Å². The molecular formula is C12H17N5O2. The van der Waals surface area contributed by atoms with E-state index in [1.807, 2.05) is 30.3 Å². The first-order valence-electron chi connectivity index (χ1n) is 5.59. The van der Waals surface area contributed by atoms with Crippen molar-refractivity contribution in [1.82, 2.24) is 16.0 Å². The molecule has 0 radical (unpaired) electrons. The van der Waals surface area contributed by atoms with Crippen LogP contribution in [0, 0.1) is 6.92 Å². The second-order valence-electron chi connectivity index (χ2n) is 3.62. The SMILES string of the molecule is Cc1cc(C(=O)NNCc2ccccc2)no1.NN. The monoisotopic (exact) mass is 263 g/mol. The number of benzene rings is 1. The molecule has 6 N–H and O–H groups in total. The molecule has 7 nitrogen and oxygen atoms in total. The third-order valence-corrected chi connectivity index (χ3v) is 2.20. The van der Waals surface area contributed by atoms with E-state index in [9.17, 15) is 4.79 Å². The number of aromatic nitrogens is 1. The van der Waals surface area contributed by atoms with E-state index in [0.29, 0.717) is 12.3 Å². The molecular weight excluding hydrogens is 246 g/mol. The molecule has 0 unspecified atom stereocenters. The summed E-state index contributed by atoms with van der Waals surface area (Å²) >= 11 is 0. The Morgan fingerprint density at radius 1 is 1.32 bits per heavy atom. The van der Waals surface area contributed by atoms with Gasteiger partial charge < -0.3 is 4.52 Å². The Hall–Kier alpha value is -2.22. The van der Waals surface area contributed by atoms with Crippen LogP contribution in [-0.2, 0) is 6.54 Å². The number of hydrogen-bond acceptors (Lipinski definition) is 6. The normalized spacial score (nSPS) is 9.42. The molecule has 2 aromatic rings. The lowest BCUT2D eigenvalue weighted by Crippen LogP contribution is -2.36. The van der Waals surface area contributed by atoms with Gasteiger partial charge in [-0.25, -0.2) is 5.43 Å². The van der Waals surface area contributed by atoms with Gasteiger partial charge in [0.2, 0.25) is 0 Å². The number of rotatable bonds is 4. The highest BCUT2D eigenvalue weighted by Crippen LogP contribution is 2.00. The number of nitrogens with two attached hydrogens (primary N) is 2. The smallest absolute Gasteiger partial charge is 0.287 e. The van der Waals surface area contributed by atoms with Crippen molar-refractivity contribution in [3.63, 3.8) is 0 Å². The zero-order valence-electron chi connectivity index (χ0n) is 10.6. The van der Waals surface area contributed by atoms with Crippen molar-refractivity contribution in [2.45, 2.75) is 13.5 Å². The molecule has 0 saturated carbocycles. The van der Waals surface area contributed by atoms with Gasteiger partial charge in [-0.3, -0.25) is 21.9 Å². The van der Waals surface area contributed by atoms with E-state index in [1.165, 1.54) is 0 Å². The molecule has 7 heteroatoms. The predicted molar refractivity (Wildman–Crippen MR) is 70.4 cm³/mol. The molecule has 0 spiro atoms. The molecule has 0 aliphatic carbocycles. The van der Waals surface area contributed by atoms with Crippen LogP contribution in [-0.4, -0.2) is 11.1 Å². The van der Waals surface area contributed by atoms with E-state index < -0.39 is 0 Å². The Morgan fingerprint density at radius 2 is 2.00 bits per heavy atom. The number of nitrogens with one attached hydrogen (secondary N) is 2. The summed E-state index contributed by atoms with van der Waals surface area (Å²) in [6.45, 7) is 2.30. The van der Waals surface area contributed by atoms with E-state index in [4.69, 9.17) is 4.52 Å². The lowest BCUT2D eigenvalue weighted by Gasteiger charge is -2.04. The van der Waals surface area contributed by atoms with Gasteiger partial charge in [-0.2, -0.15) is 0 Å². The van der Waals surface area contributed by atoms with Crippen LogP contribution < -0.4 is 22.5 Å². The lowest BCUT2D eigenvalue weighted by molar-refractivity contribution is 0.0923. The Balaban J connectivity index is 0.000000861. The third kappa shape index (κ3) is 4.88. The maximum Gasteiger partial charge on any atom is 0.287 e. The van der Waals surface area contributed by atoms with Crippen molar-refractivity contribution in [2.75, 3.05) is 0 Å². The maximum atomic E-state index is 11.6. The van der Waals surface area contributed by atoms with E-state index >= 15 is 0 Å². The fourth-order valence-corrected chi connectivity index (χ4v) is 1.36. The zero-order valence-corrected chi connectivity index (χ0v) is 10.6. The quantitative estimate of drug-likeness (QED) is 0.463. The van der Waals surface area contributed by atoms with Crippen molar-refractivity contribution < 1.29 is 9.32 Å². The van der Waals surface area contributed by atoms with Crippen LogP contribution in [0.3, 0.4) is 0 Å². The predicted octanol–water partition coefficient (Wildman–Crippen LogP) is 0.236. The van der Waals surface area contributed by atoms with Crippen molar-refractivity contribution >= 4 is 5.91 Å². The summed E-state index contributed by atoms with van der Waals surface area (Å²) in [6.07, 6.45) is 0. The molecule has 0 fully saturated rings. The van der Waals surface area contributed by atoms with Crippen molar-refractivity contribution in [3.8, 4) is 0 Å². The first-order valence-corrected chi connectivity index (χ1v) is 5.59. The van der Waals surface area contributed by atoms with Gasteiger partial charge >= 0.3 is 0 Å². The number of amides is 1. The molecule has 0 bridgehead atoms. The van der Waals surface area contributed by atoms with Crippen LogP contribution in [0.25, 0.3) is 0 Å². The number of aryl methyl sites for hydroxylation is 1. The highest BCUT2D eigenvalue weighted by atomic mass is 16.5. The first kappa shape index (κ1) is 14.8. The summed E-state index contributed by atoms with van der Waals surface area (Å²) < 4.78 is 4.81. The van der Waals surface area contributed by atoms with Gasteiger partial charge in [0.1, 0.15) is 5.76 Å². The van der Waals surface area contributed by atoms with E-state index in [-0.39, 0.29) is 11.6 Å². The molecule has 1 aromatic carbocycles. The molecule has 0 aliphatic rings. The van der Waals surface area contributed by atoms with Crippen LogP contribution in [0.4, 0.5) is 0 Å². The molecule has 2 rings (SSSR count). The summed E-state index contributed by atoms with van der Waals surface area (Å²) in [5, 5.41) is 3.61. The fraction of sp³-hybridized carbons (Fsp3) is 0.167. The minimum atomic E-state index is -0.308. The molecule has 0 aliphatic heterocycles. The van der Waals surface area contributed by atoms with Crippen LogP contribution in [0.1, 0.15) is 21.8 Å². The van der Waals surface area contributed by atoms with E-state index in [0.717, 1.165) is 5.56 Å². The van der Waals surface area contributed by atoms with Gasteiger partial charge in [-0.05, 0) is 12.5 Å². The van der Waals surface area contributed by atoms with Gasteiger partial charge in [-0.15, -0.1) is 0 Å². The molecule has 0 saturated heterocycles. The average molecular weight is 263 g/mol. The van der Waals surface area contributed by atoms with E-state index in [2.05, 4.69) is 27.7 Å². The molecule has 102 valence electrons. The summed E-state index contributed by atoms with van der Waals surface area (Å²) in [5.74, 6) is 8.30. The van der Waals surface area contributed by atoms with E-state index in [1.54, 1.807) is 13.0 Å². The minimum Gasteiger partial charge on any atom is -0.361 e. The standard InChI is InChI=1S/C12H13N3O2.H4N2/c1-9-7-11(15-17-9)12(16)14-13-8-10-5-3-2-4-6-10;1-2/h2-7,13H,8H2,1H3,(H,14,16);1-2H2.